The average Bonchev–Trinajstić information content (AvgIpc) is 4.17. The van der Waals surface area contributed by atoms with Crippen LogP contribution >= 0.6 is 22.7 Å². The zero-order valence-corrected chi connectivity index (χ0v) is 38.0. The Kier molecular flexibility index (Phi) is 8.07. The van der Waals surface area contributed by atoms with E-state index in [1.54, 1.807) is 0 Å². The van der Waals surface area contributed by atoms with E-state index in [0.29, 0.717) is 5.95 Å². The van der Waals surface area contributed by atoms with Crippen LogP contribution in [0.1, 0.15) is 0 Å². The Bertz CT molecular complexity index is 4560. The highest BCUT2D eigenvalue weighted by atomic mass is 32.1. The number of rotatable bonds is 5. The minimum Gasteiger partial charge on any atom is -0.309 e. The summed E-state index contributed by atoms with van der Waals surface area (Å²) in [6, 6.07) is 79.6. The molecule has 316 valence electrons. The van der Waals surface area contributed by atoms with E-state index in [2.05, 4.69) is 228 Å². The Morgan fingerprint density at radius 1 is 0.353 bits per heavy atom. The predicted molar refractivity (Wildman–Crippen MR) is 290 cm³/mol. The van der Waals surface area contributed by atoms with Crippen molar-refractivity contribution in [3.63, 3.8) is 0 Å². The fourth-order valence-corrected chi connectivity index (χ4v) is 13.1. The van der Waals surface area contributed by atoms with Crippen LogP contribution in [-0.4, -0.2) is 19.1 Å². The fourth-order valence-electron chi connectivity index (χ4n) is 10.8. The minimum atomic E-state index is 0.651. The van der Waals surface area contributed by atoms with Crippen molar-refractivity contribution < 1.29 is 0 Å². The van der Waals surface area contributed by atoms with Crippen molar-refractivity contribution in [2.24, 2.45) is 0 Å². The molecule has 0 saturated carbocycles. The van der Waals surface area contributed by atoms with E-state index in [9.17, 15) is 0 Å². The second-order valence-corrected chi connectivity index (χ2v) is 19.8. The number of hydrogen-bond donors (Lipinski definition) is 0. The molecule has 0 radical (unpaired) electrons. The van der Waals surface area contributed by atoms with Gasteiger partial charge in [0, 0.05) is 67.9 Å². The number of thiophene rings is 2. The summed E-state index contributed by atoms with van der Waals surface area (Å²) in [6.45, 7) is 0. The van der Waals surface area contributed by atoms with E-state index in [1.165, 1.54) is 78.8 Å². The van der Waals surface area contributed by atoms with Gasteiger partial charge in [0.15, 0.2) is 0 Å². The van der Waals surface area contributed by atoms with Crippen molar-refractivity contribution >= 4 is 118 Å². The van der Waals surface area contributed by atoms with Gasteiger partial charge in [-0.1, -0.05) is 140 Å². The summed E-state index contributed by atoms with van der Waals surface area (Å²) < 4.78 is 8.45. The molecule has 15 rings (SSSR count). The summed E-state index contributed by atoms with van der Waals surface area (Å²) in [5.74, 6) is 0.651. The lowest BCUT2D eigenvalue weighted by atomic mass is 9.97. The van der Waals surface area contributed by atoms with E-state index in [-0.39, 0.29) is 0 Å². The molecule has 0 spiro atoms. The lowest BCUT2D eigenvalue weighted by molar-refractivity contribution is 1.02. The van der Waals surface area contributed by atoms with Gasteiger partial charge < -0.3 is 4.57 Å². The molecule has 0 unspecified atom stereocenters. The maximum Gasteiger partial charge on any atom is 0.235 e. The first kappa shape index (κ1) is 37.8. The van der Waals surface area contributed by atoms with Gasteiger partial charge in [-0.2, -0.15) is 0 Å². The number of nitrogens with zero attached hydrogens (tertiary/aromatic N) is 4. The lowest BCUT2D eigenvalue weighted by Crippen LogP contribution is -2.03. The van der Waals surface area contributed by atoms with E-state index in [4.69, 9.17) is 9.97 Å². The van der Waals surface area contributed by atoms with Gasteiger partial charge in [0.2, 0.25) is 5.95 Å². The van der Waals surface area contributed by atoms with Crippen molar-refractivity contribution in [1.29, 1.82) is 0 Å². The Morgan fingerprint density at radius 2 is 1.04 bits per heavy atom. The topological polar surface area (TPSA) is 35.6 Å². The van der Waals surface area contributed by atoms with Crippen molar-refractivity contribution in [3.05, 3.63) is 218 Å². The van der Waals surface area contributed by atoms with Crippen molar-refractivity contribution in [2.45, 2.75) is 0 Å². The predicted octanol–water partition coefficient (Wildman–Crippen LogP) is 17.6. The van der Waals surface area contributed by atoms with E-state index in [1.807, 2.05) is 22.7 Å². The van der Waals surface area contributed by atoms with Crippen LogP contribution in [-0.2, 0) is 0 Å². The highest BCUT2D eigenvalue weighted by Crippen LogP contribution is 2.45. The molecular weight excluding hydrogens is 865 g/mol. The minimum absolute atomic E-state index is 0.651. The summed E-state index contributed by atoms with van der Waals surface area (Å²) in [5.41, 5.74) is 12.2. The molecule has 4 nitrogen and oxygen atoms in total. The summed E-state index contributed by atoms with van der Waals surface area (Å²) in [6.07, 6.45) is 0. The third-order valence-electron chi connectivity index (χ3n) is 13.9. The van der Waals surface area contributed by atoms with Crippen molar-refractivity contribution in [3.8, 4) is 44.5 Å². The Morgan fingerprint density at radius 3 is 1.93 bits per heavy atom. The maximum atomic E-state index is 5.74. The standard InChI is InChI=1S/C62H36N4S2/c1-3-14-37(15-4-1)57-36-42-26-29-50-59(61(42)68-57)60(41-28-31-56-49(34-41)45-20-10-12-25-55(45)67-56)64-62(63-50)66-52-30-27-40(33-47(52)48-32-38-16-7-8-17-39(38)35-54(48)66)44-22-13-24-53-58(44)46-21-9-11-23-51(46)65(53)43-18-5-2-6-19-43/h1-36H. The number of aromatic nitrogens is 4. The molecule has 0 atom stereocenters. The highest BCUT2D eigenvalue weighted by molar-refractivity contribution is 7.25. The van der Waals surface area contributed by atoms with E-state index in [0.717, 1.165) is 55.2 Å². The van der Waals surface area contributed by atoms with Crippen LogP contribution < -0.4 is 0 Å². The van der Waals surface area contributed by atoms with Crippen LogP contribution in [0.5, 0.6) is 0 Å². The first-order valence-electron chi connectivity index (χ1n) is 23.0. The number of benzene rings is 10. The number of hydrogen-bond acceptors (Lipinski definition) is 4. The second-order valence-electron chi connectivity index (χ2n) is 17.7. The smallest absolute Gasteiger partial charge is 0.235 e. The molecule has 0 bridgehead atoms. The van der Waals surface area contributed by atoms with Crippen LogP contribution in [0, 0.1) is 0 Å². The van der Waals surface area contributed by atoms with Gasteiger partial charge in [-0.25, -0.2) is 9.97 Å². The largest absolute Gasteiger partial charge is 0.309 e. The van der Waals surface area contributed by atoms with Crippen LogP contribution in [0.25, 0.3) is 140 Å². The molecule has 0 aliphatic heterocycles. The average molecular weight is 901 g/mol. The SMILES string of the molecule is c1ccc(-c2cc3ccc4nc(-n5c6ccc(-c7cccc8c7c7ccccc7n8-c7ccccc7)cc6c6cc7ccccc7cc65)nc(-c5ccc6sc7ccccc7c6c5)c4c3s2)cc1. The van der Waals surface area contributed by atoms with E-state index < -0.39 is 0 Å². The van der Waals surface area contributed by atoms with Gasteiger partial charge in [-0.3, -0.25) is 4.57 Å². The summed E-state index contributed by atoms with van der Waals surface area (Å²) >= 11 is 3.66. The Labute approximate surface area is 397 Å². The summed E-state index contributed by atoms with van der Waals surface area (Å²) in [4.78, 5) is 12.5. The lowest BCUT2D eigenvalue weighted by Gasteiger charge is -2.13. The molecule has 5 aromatic heterocycles. The van der Waals surface area contributed by atoms with Crippen molar-refractivity contribution in [1.82, 2.24) is 19.1 Å². The van der Waals surface area contributed by atoms with Crippen LogP contribution in [0.3, 0.4) is 0 Å². The quantitative estimate of drug-likeness (QED) is 0.173. The number of fused-ring (bicyclic) bond motifs is 13. The first-order chi connectivity index (χ1) is 33.7. The normalized spacial score (nSPS) is 12.1. The summed E-state index contributed by atoms with van der Waals surface area (Å²) in [5, 5.41) is 12.0. The van der Waals surface area contributed by atoms with Crippen LogP contribution in [0.4, 0.5) is 0 Å². The van der Waals surface area contributed by atoms with Gasteiger partial charge in [-0.05, 0) is 112 Å². The second kappa shape index (κ2) is 14.5. The third kappa shape index (κ3) is 5.59. The van der Waals surface area contributed by atoms with Gasteiger partial charge in [0.1, 0.15) is 0 Å². The van der Waals surface area contributed by atoms with Gasteiger partial charge >= 0.3 is 0 Å². The zero-order chi connectivity index (χ0) is 44.5. The Hall–Kier alpha value is -8.42. The highest BCUT2D eigenvalue weighted by Gasteiger charge is 2.23. The van der Waals surface area contributed by atoms with Gasteiger partial charge in [0.25, 0.3) is 0 Å². The molecule has 10 aromatic carbocycles. The van der Waals surface area contributed by atoms with Crippen LogP contribution in [0.2, 0.25) is 0 Å². The summed E-state index contributed by atoms with van der Waals surface area (Å²) in [7, 11) is 0. The molecule has 6 heteroatoms. The number of para-hydroxylation sites is 2. The van der Waals surface area contributed by atoms with Crippen LogP contribution in [0.15, 0.2) is 218 Å². The molecular formula is C62H36N4S2. The fraction of sp³-hybridized carbons (Fsp3) is 0. The monoisotopic (exact) mass is 900 g/mol. The van der Waals surface area contributed by atoms with Gasteiger partial charge in [0.05, 0.1) is 33.3 Å². The zero-order valence-electron chi connectivity index (χ0n) is 36.4. The first-order valence-corrected chi connectivity index (χ1v) is 24.6. The molecule has 0 saturated heterocycles. The maximum absolute atomic E-state index is 5.74. The molecule has 0 fully saturated rings. The van der Waals surface area contributed by atoms with E-state index >= 15 is 0 Å². The van der Waals surface area contributed by atoms with Crippen molar-refractivity contribution in [2.75, 3.05) is 0 Å². The molecule has 0 amide bonds. The molecule has 68 heavy (non-hydrogen) atoms. The molecule has 15 aromatic rings. The molecule has 0 aliphatic carbocycles. The van der Waals surface area contributed by atoms with Gasteiger partial charge in [-0.15, -0.1) is 22.7 Å². The molecule has 0 N–H and O–H groups in total. The third-order valence-corrected chi connectivity index (χ3v) is 16.3. The molecule has 0 aliphatic rings. The molecule has 5 heterocycles. The Balaban J connectivity index is 1.01.